The van der Waals surface area contributed by atoms with Crippen LogP contribution in [0.25, 0.3) is 0 Å². The number of nitrogens with zero attached hydrogens (tertiary/aromatic N) is 2. The molecular formula is C21H36IN3O4. The normalized spacial score (nSPS) is 16.4. The van der Waals surface area contributed by atoms with Crippen LogP contribution in [0.5, 0.6) is 11.5 Å². The minimum Gasteiger partial charge on any atom is -0.497 e. The van der Waals surface area contributed by atoms with Crippen LogP contribution in [0.15, 0.2) is 29.3 Å². The van der Waals surface area contributed by atoms with Gasteiger partial charge in [0.15, 0.2) is 5.96 Å². The summed E-state index contributed by atoms with van der Waals surface area (Å²) in [4.78, 5) is 7.10. The van der Waals surface area contributed by atoms with Crippen molar-refractivity contribution in [1.82, 2.24) is 10.2 Å². The topological polar surface area (TPSA) is 64.6 Å². The molecule has 1 atom stereocenters. The van der Waals surface area contributed by atoms with Gasteiger partial charge in [-0.3, -0.25) is 4.99 Å². The Labute approximate surface area is 192 Å². The number of halogens is 1. The van der Waals surface area contributed by atoms with E-state index in [2.05, 4.69) is 17.1 Å². The zero-order valence-corrected chi connectivity index (χ0v) is 20.2. The Morgan fingerprint density at radius 2 is 2.03 bits per heavy atom. The molecule has 1 unspecified atom stereocenters. The molecule has 1 N–H and O–H groups in total. The number of nitrogens with one attached hydrogen (secondary N) is 1. The number of rotatable bonds is 12. The van der Waals surface area contributed by atoms with Crippen LogP contribution in [0.1, 0.15) is 19.8 Å². The Morgan fingerprint density at radius 1 is 1.21 bits per heavy atom. The Bertz CT molecular complexity index is 589. The lowest BCUT2D eigenvalue weighted by atomic mass is 10.1. The molecule has 7 nitrogen and oxygen atoms in total. The summed E-state index contributed by atoms with van der Waals surface area (Å²) in [5.41, 5.74) is 0. The van der Waals surface area contributed by atoms with Crippen molar-refractivity contribution in [1.29, 1.82) is 0 Å². The summed E-state index contributed by atoms with van der Waals surface area (Å²) in [6, 6.07) is 7.67. The first-order chi connectivity index (χ1) is 13.8. The molecule has 0 spiro atoms. The summed E-state index contributed by atoms with van der Waals surface area (Å²) >= 11 is 0. The van der Waals surface area contributed by atoms with E-state index in [0.717, 1.165) is 63.1 Å². The van der Waals surface area contributed by atoms with Crippen LogP contribution in [-0.4, -0.2) is 77.7 Å². The molecule has 1 fully saturated rings. The van der Waals surface area contributed by atoms with Crippen molar-refractivity contribution < 1.29 is 18.9 Å². The largest absolute Gasteiger partial charge is 0.497 e. The second-order valence-electron chi connectivity index (χ2n) is 6.79. The number of benzene rings is 1. The number of likely N-dealkylation sites (tertiary alicyclic amines) is 1. The monoisotopic (exact) mass is 521 g/mol. The number of guanidine groups is 1. The van der Waals surface area contributed by atoms with Crippen LogP contribution in [0.3, 0.4) is 0 Å². The molecule has 1 aliphatic rings. The molecule has 1 aromatic carbocycles. The van der Waals surface area contributed by atoms with Gasteiger partial charge in [-0.05, 0) is 25.5 Å². The highest BCUT2D eigenvalue weighted by Gasteiger charge is 2.24. The van der Waals surface area contributed by atoms with Crippen molar-refractivity contribution in [3.8, 4) is 11.5 Å². The number of hydrogen-bond donors (Lipinski definition) is 1. The zero-order valence-electron chi connectivity index (χ0n) is 17.9. The average molecular weight is 521 g/mol. The second-order valence-corrected chi connectivity index (χ2v) is 6.79. The molecule has 1 aliphatic heterocycles. The summed E-state index contributed by atoms with van der Waals surface area (Å²) in [5.74, 6) is 3.17. The van der Waals surface area contributed by atoms with Crippen molar-refractivity contribution >= 4 is 29.9 Å². The van der Waals surface area contributed by atoms with E-state index in [1.807, 2.05) is 24.3 Å². The molecule has 0 aromatic heterocycles. The third kappa shape index (κ3) is 9.86. The molecule has 0 amide bonds. The standard InChI is InChI=1S/C21H35N3O4.HI/c1-4-22-21(24-11-9-18(16-24)17-27-14-13-25-2)23-10-6-12-28-20-8-5-7-19(15-20)26-3;/h5,7-8,15,18H,4,6,9-14,16-17H2,1-3H3,(H,22,23);1H. The highest BCUT2D eigenvalue weighted by molar-refractivity contribution is 14.0. The van der Waals surface area contributed by atoms with E-state index in [4.69, 9.17) is 23.9 Å². The minimum absolute atomic E-state index is 0. The van der Waals surface area contributed by atoms with Gasteiger partial charge < -0.3 is 29.2 Å². The van der Waals surface area contributed by atoms with E-state index in [1.54, 1.807) is 14.2 Å². The average Bonchev–Trinajstić information content (AvgIpc) is 3.19. The number of ether oxygens (including phenoxy) is 4. The van der Waals surface area contributed by atoms with Gasteiger partial charge in [-0.1, -0.05) is 6.07 Å². The van der Waals surface area contributed by atoms with E-state index < -0.39 is 0 Å². The van der Waals surface area contributed by atoms with Crippen LogP contribution >= 0.6 is 24.0 Å². The molecule has 1 aromatic rings. The quantitative estimate of drug-likeness (QED) is 0.198. The van der Waals surface area contributed by atoms with Crippen LogP contribution in [-0.2, 0) is 9.47 Å². The van der Waals surface area contributed by atoms with Gasteiger partial charge in [-0.25, -0.2) is 0 Å². The van der Waals surface area contributed by atoms with E-state index in [9.17, 15) is 0 Å². The molecule has 0 saturated carbocycles. The van der Waals surface area contributed by atoms with Crippen molar-refractivity contribution in [2.24, 2.45) is 10.9 Å². The first-order valence-electron chi connectivity index (χ1n) is 10.1. The minimum atomic E-state index is 0. The predicted octanol–water partition coefficient (Wildman–Crippen LogP) is 3.03. The molecule has 1 saturated heterocycles. The van der Waals surface area contributed by atoms with Crippen molar-refractivity contribution in [3.63, 3.8) is 0 Å². The molecule has 0 bridgehead atoms. The SMILES string of the molecule is CCNC(=NCCCOc1cccc(OC)c1)N1CCC(COCCOC)C1.I. The van der Waals surface area contributed by atoms with Crippen LogP contribution in [0, 0.1) is 5.92 Å². The van der Waals surface area contributed by atoms with Gasteiger partial charge in [0.05, 0.1) is 33.5 Å². The van der Waals surface area contributed by atoms with Gasteiger partial charge in [0.2, 0.25) is 0 Å². The summed E-state index contributed by atoms with van der Waals surface area (Å²) in [6.07, 6.45) is 2.00. The molecular weight excluding hydrogens is 485 g/mol. The van der Waals surface area contributed by atoms with E-state index in [1.165, 1.54) is 0 Å². The molecule has 0 aliphatic carbocycles. The lowest BCUT2D eigenvalue weighted by Gasteiger charge is -2.21. The maximum Gasteiger partial charge on any atom is 0.193 e. The van der Waals surface area contributed by atoms with Crippen LogP contribution in [0.4, 0.5) is 0 Å². The predicted molar refractivity (Wildman–Crippen MR) is 127 cm³/mol. The Kier molecular flexibility index (Phi) is 13.8. The first kappa shape index (κ1) is 25.8. The maximum absolute atomic E-state index is 5.79. The summed E-state index contributed by atoms with van der Waals surface area (Å²) in [5, 5.41) is 3.40. The third-order valence-electron chi connectivity index (χ3n) is 4.58. The number of methoxy groups -OCH3 is 2. The first-order valence-corrected chi connectivity index (χ1v) is 10.1. The van der Waals surface area contributed by atoms with Crippen molar-refractivity contribution in [3.05, 3.63) is 24.3 Å². The fourth-order valence-corrected chi connectivity index (χ4v) is 3.11. The highest BCUT2D eigenvalue weighted by Crippen LogP contribution is 2.19. The van der Waals surface area contributed by atoms with Crippen molar-refractivity contribution in [2.45, 2.75) is 19.8 Å². The molecule has 1 heterocycles. The Hall–Kier alpha value is -1.26. The highest BCUT2D eigenvalue weighted by atomic mass is 127. The fraction of sp³-hybridized carbons (Fsp3) is 0.667. The van der Waals surface area contributed by atoms with Gasteiger partial charge in [0.1, 0.15) is 11.5 Å². The van der Waals surface area contributed by atoms with Gasteiger partial charge >= 0.3 is 0 Å². The van der Waals surface area contributed by atoms with Gasteiger partial charge in [-0.2, -0.15) is 0 Å². The summed E-state index contributed by atoms with van der Waals surface area (Å²) in [7, 11) is 3.35. The molecule has 2 rings (SSSR count). The van der Waals surface area contributed by atoms with E-state index in [-0.39, 0.29) is 24.0 Å². The third-order valence-corrected chi connectivity index (χ3v) is 4.58. The molecule has 29 heavy (non-hydrogen) atoms. The van der Waals surface area contributed by atoms with Gasteiger partial charge in [0.25, 0.3) is 0 Å². The lowest BCUT2D eigenvalue weighted by molar-refractivity contribution is 0.0536. The van der Waals surface area contributed by atoms with Crippen LogP contribution in [0.2, 0.25) is 0 Å². The Balaban J connectivity index is 0.00000420. The molecule has 8 heteroatoms. The van der Waals surface area contributed by atoms with E-state index in [0.29, 0.717) is 25.7 Å². The summed E-state index contributed by atoms with van der Waals surface area (Å²) < 4.78 is 21.7. The summed E-state index contributed by atoms with van der Waals surface area (Å²) in [6.45, 7) is 8.43. The number of hydrogen-bond acceptors (Lipinski definition) is 5. The molecule has 166 valence electrons. The lowest BCUT2D eigenvalue weighted by Crippen LogP contribution is -2.40. The maximum atomic E-state index is 5.79. The zero-order chi connectivity index (χ0) is 20.0. The van der Waals surface area contributed by atoms with Crippen LogP contribution < -0.4 is 14.8 Å². The van der Waals surface area contributed by atoms with Gasteiger partial charge in [0, 0.05) is 51.7 Å². The molecule has 0 radical (unpaired) electrons. The second kappa shape index (κ2) is 15.6. The Morgan fingerprint density at radius 3 is 2.79 bits per heavy atom. The smallest absolute Gasteiger partial charge is 0.193 e. The van der Waals surface area contributed by atoms with E-state index >= 15 is 0 Å². The number of aliphatic imine (C=N–C) groups is 1. The fourth-order valence-electron chi connectivity index (χ4n) is 3.11. The van der Waals surface area contributed by atoms with Gasteiger partial charge in [-0.15, -0.1) is 24.0 Å². The van der Waals surface area contributed by atoms with Crippen molar-refractivity contribution in [2.75, 3.05) is 66.8 Å².